The van der Waals surface area contributed by atoms with Gasteiger partial charge in [-0.25, -0.2) is 0 Å². The normalized spacial score (nSPS) is 11.0. The van der Waals surface area contributed by atoms with Gasteiger partial charge in [-0.1, -0.05) is 18.2 Å². The monoisotopic (exact) mass is 220 g/mol. The van der Waals surface area contributed by atoms with E-state index in [1.165, 1.54) is 16.2 Å². The molecule has 0 aromatic heterocycles. The zero-order valence-corrected chi connectivity index (χ0v) is 9.78. The molecule has 0 saturated heterocycles. The summed E-state index contributed by atoms with van der Waals surface area (Å²) in [5.41, 5.74) is 2.79. The minimum atomic E-state index is 0. The molecule has 13 heavy (non-hydrogen) atoms. The molecule has 0 radical (unpaired) electrons. The van der Waals surface area contributed by atoms with Crippen LogP contribution in [0.4, 0.5) is 5.69 Å². The van der Waals surface area contributed by atoms with Crippen LogP contribution in [0.1, 0.15) is 12.5 Å². The Morgan fingerprint density at radius 1 is 1.15 bits per heavy atom. The zero-order valence-electron chi connectivity index (χ0n) is 8.27. The van der Waals surface area contributed by atoms with Crippen molar-refractivity contribution in [2.24, 2.45) is 0 Å². The van der Waals surface area contributed by atoms with E-state index in [0.29, 0.717) is 0 Å². The van der Waals surface area contributed by atoms with Gasteiger partial charge in [-0.2, -0.15) is 0 Å². The van der Waals surface area contributed by atoms with E-state index in [0.717, 1.165) is 6.54 Å². The zero-order chi connectivity index (χ0) is 8.27. The van der Waals surface area contributed by atoms with E-state index in [9.17, 15) is 0 Å². The van der Waals surface area contributed by atoms with Gasteiger partial charge >= 0.3 is 0 Å². The first-order valence-electron chi connectivity index (χ1n) is 4.14. The fourth-order valence-corrected chi connectivity index (χ4v) is 1.24. The van der Waals surface area contributed by atoms with Crippen LogP contribution in [0.3, 0.4) is 0 Å². The molecule has 1 aromatic carbocycles. The SMILES string of the molecule is CC[NH+](C)c1ccccc1C.[Cl-].[Cl-]. The van der Waals surface area contributed by atoms with E-state index in [2.05, 4.69) is 45.2 Å². The standard InChI is InChI=1S/C10H15N.2ClH/c1-4-11(3)10-8-6-5-7-9(10)2;;/h5-8H,4H2,1-3H3;2*1H/p-1. The first kappa shape index (κ1) is 15.2. The second-order valence-electron chi connectivity index (χ2n) is 2.95. The highest BCUT2D eigenvalue weighted by Gasteiger charge is 2.04. The summed E-state index contributed by atoms with van der Waals surface area (Å²) in [5.74, 6) is 0. The third kappa shape index (κ3) is 3.99. The summed E-state index contributed by atoms with van der Waals surface area (Å²) in [6.45, 7) is 5.50. The van der Waals surface area contributed by atoms with Crippen LogP contribution in [0.15, 0.2) is 24.3 Å². The summed E-state index contributed by atoms with van der Waals surface area (Å²) in [4.78, 5) is 1.48. The van der Waals surface area contributed by atoms with Crippen molar-refractivity contribution in [1.29, 1.82) is 0 Å². The van der Waals surface area contributed by atoms with E-state index >= 15 is 0 Å². The van der Waals surface area contributed by atoms with E-state index < -0.39 is 0 Å². The Kier molecular flexibility index (Phi) is 8.43. The van der Waals surface area contributed by atoms with Crippen LogP contribution in [0.25, 0.3) is 0 Å². The maximum Gasteiger partial charge on any atom is 0.133 e. The number of halogens is 2. The summed E-state index contributed by atoms with van der Waals surface area (Å²) in [5, 5.41) is 0. The number of nitrogens with one attached hydrogen (secondary N) is 1. The number of aryl methyl sites for hydroxylation is 1. The third-order valence-corrected chi connectivity index (χ3v) is 2.14. The lowest BCUT2D eigenvalue weighted by Gasteiger charge is -2.12. The fourth-order valence-electron chi connectivity index (χ4n) is 1.24. The Balaban J connectivity index is 0. The molecular weight excluding hydrogens is 205 g/mol. The second-order valence-corrected chi connectivity index (χ2v) is 2.95. The quantitative estimate of drug-likeness (QED) is 0.511. The molecular formula is C10H16Cl2N-. The maximum absolute atomic E-state index is 2.20. The van der Waals surface area contributed by atoms with Gasteiger partial charge in [-0.05, 0) is 19.9 Å². The first-order chi connectivity index (χ1) is 5.25. The van der Waals surface area contributed by atoms with Crippen LogP contribution in [-0.2, 0) is 0 Å². The number of hydrogen-bond acceptors (Lipinski definition) is 0. The lowest BCUT2D eigenvalue weighted by Crippen LogP contribution is -3.03. The van der Waals surface area contributed by atoms with Gasteiger partial charge in [-0.15, -0.1) is 0 Å². The molecule has 0 amide bonds. The molecule has 0 bridgehead atoms. The van der Waals surface area contributed by atoms with Gasteiger partial charge in [0.15, 0.2) is 0 Å². The molecule has 3 heteroatoms. The molecule has 0 saturated carbocycles. The summed E-state index contributed by atoms with van der Waals surface area (Å²) < 4.78 is 0. The molecule has 1 atom stereocenters. The van der Waals surface area contributed by atoms with Gasteiger partial charge in [0.05, 0.1) is 13.6 Å². The van der Waals surface area contributed by atoms with Crippen molar-refractivity contribution >= 4 is 5.69 Å². The van der Waals surface area contributed by atoms with Crippen LogP contribution in [0.2, 0.25) is 0 Å². The summed E-state index contributed by atoms with van der Waals surface area (Å²) >= 11 is 0. The molecule has 0 heterocycles. The largest absolute Gasteiger partial charge is 1.00 e. The Morgan fingerprint density at radius 3 is 2.15 bits per heavy atom. The van der Waals surface area contributed by atoms with Crippen LogP contribution in [0, 0.1) is 6.92 Å². The highest BCUT2D eigenvalue weighted by atomic mass is 35.5. The summed E-state index contributed by atoms with van der Waals surface area (Å²) in [6.07, 6.45) is 0. The number of para-hydroxylation sites is 1. The highest BCUT2D eigenvalue weighted by molar-refractivity contribution is 5.37. The topological polar surface area (TPSA) is 4.44 Å². The van der Waals surface area contributed by atoms with Crippen molar-refractivity contribution in [3.05, 3.63) is 29.8 Å². The number of rotatable bonds is 2. The Bertz CT molecular complexity index is 238. The minimum absolute atomic E-state index is 0. The molecule has 0 aliphatic heterocycles. The molecule has 0 spiro atoms. The summed E-state index contributed by atoms with van der Waals surface area (Å²) in [6, 6.07) is 8.53. The lowest BCUT2D eigenvalue weighted by atomic mass is 10.2. The second kappa shape index (κ2) is 7.19. The average molecular weight is 221 g/mol. The van der Waals surface area contributed by atoms with Gasteiger partial charge < -0.3 is 29.7 Å². The fraction of sp³-hybridized carbons (Fsp3) is 0.400. The van der Waals surface area contributed by atoms with Crippen molar-refractivity contribution in [2.45, 2.75) is 13.8 Å². The van der Waals surface area contributed by atoms with Crippen molar-refractivity contribution in [3.8, 4) is 0 Å². The van der Waals surface area contributed by atoms with E-state index in [4.69, 9.17) is 0 Å². The van der Waals surface area contributed by atoms with Crippen molar-refractivity contribution in [1.82, 2.24) is 0 Å². The maximum atomic E-state index is 2.20. The third-order valence-electron chi connectivity index (χ3n) is 2.14. The molecule has 1 N–H and O–H groups in total. The molecule has 0 aliphatic carbocycles. The van der Waals surface area contributed by atoms with Crippen LogP contribution >= 0.6 is 0 Å². The molecule has 1 aromatic rings. The Hall–Kier alpha value is -0.240. The Labute approximate surface area is 93.0 Å². The average Bonchev–Trinajstić information content (AvgIpc) is 2.04. The number of quaternary nitrogens is 1. The van der Waals surface area contributed by atoms with Gasteiger partial charge in [0.1, 0.15) is 5.69 Å². The minimum Gasteiger partial charge on any atom is -1.00 e. The molecule has 1 nitrogen and oxygen atoms in total. The van der Waals surface area contributed by atoms with Gasteiger partial charge in [0, 0.05) is 5.56 Å². The highest BCUT2D eigenvalue weighted by Crippen LogP contribution is 2.06. The summed E-state index contributed by atoms with van der Waals surface area (Å²) in [7, 11) is 2.20. The first-order valence-corrected chi connectivity index (χ1v) is 4.14. The van der Waals surface area contributed by atoms with E-state index in [1.807, 2.05) is 0 Å². The van der Waals surface area contributed by atoms with Gasteiger partial charge in [0.25, 0.3) is 0 Å². The van der Waals surface area contributed by atoms with Crippen molar-refractivity contribution in [3.63, 3.8) is 0 Å². The number of hydrogen-bond donors (Lipinski definition) is 1. The molecule has 0 aliphatic rings. The predicted molar refractivity (Wildman–Crippen MR) is 48.3 cm³/mol. The molecule has 1 unspecified atom stereocenters. The smallest absolute Gasteiger partial charge is 0.133 e. The molecule has 1 rings (SSSR count). The van der Waals surface area contributed by atoms with Gasteiger partial charge in [-0.3, -0.25) is 0 Å². The molecule has 0 fully saturated rings. The lowest BCUT2D eigenvalue weighted by molar-refractivity contribution is -0.808. The van der Waals surface area contributed by atoms with Gasteiger partial charge in [0.2, 0.25) is 0 Å². The molecule has 76 valence electrons. The van der Waals surface area contributed by atoms with Crippen LogP contribution in [0.5, 0.6) is 0 Å². The van der Waals surface area contributed by atoms with Crippen molar-refractivity contribution in [2.75, 3.05) is 13.6 Å². The number of benzene rings is 1. The van der Waals surface area contributed by atoms with E-state index in [-0.39, 0.29) is 24.8 Å². The predicted octanol–water partition coefficient (Wildman–Crippen LogP) is -4.83. The van der Waals surface area contributed by atoms with E-state index in [1.54, 1.807) is 0 Å². The Morgan fingerprint density at radius 2 is 1.69 bits per heavy atom. The van der Waals surface area contributed by atoms with Crippen molar-refractivity contribution < 1.29 is 29.7 Å². The van der Waals surface area contributed by atoms with Crippen LogP contribution in [-0.4, -0.2) is 13.6 Å². The van der Waals surface area contributed by atoms with Crippen LogP contribution < -0.4 is 29.7 Å².